The molecule has 2 aromatic heterocycles. The van der Waals surface area contributed by atoms with Gasteiger partial charge in [-0.3, -0.25) is 43.0 Å². The number of alkyl halides is 4. The van der Waals surface area contributed by atoms with Crippen molar-refractivity contribution in [1.29, 1.82) is 0 Å². The number of hydrogen-bond donors (Lipinski definition) is 9. The second-order valence-electron chi connectivity index (χ2n) is 33.2. The van der Waals surface area contributed by atoms with Crippen molar-refractivity contribution in [2.24, 2.45) is 40.2 Å². The molecule has 6 saturated carbocycles. The fourth-order valence-corrected chi connectivity index (χ4v) is 17.9. The first-order chi connectivity index (χ1) is 55.1. The molecule has 2 aromatic carbocycles. The lowest BCUT2D eigenvalue weighted by molar-refractivity contribution is -0.145. The number of nitrogens with two attached hydrogens (primary N) is 1. The summed E-state index contributed by atoms with van der Waals surface area (Å²) in [5.41, 5.74) is 1.46. The highest BCUT2D eigenvalue weighted by Gasteiger charge is 2.68. The molecule has 37 nitrogen and oxygen atoms in total. The summed E-state index contributed by atoms with van der Waals surface area (Å²) in [4.78, 5) is 136. The van der Waals surface area contributed by atoms with Crippen molar-refractivity contribution in [1.82, 2.24) is 86.2 Å². The molecule has 8 fully saturated rings. The monoisotopic (exact) mass is 1690 g/mol. The summed E-state index contributed by atoms with van der Waals surface area (Å²) in [6.45, 7) is 10.2. The summed E-state index contributed by atoms with van der Waals surface area (Å²) in [6, 6.07) is 5.56. The highest BCUT2D eigenvalue weighted by atomic mass is 32.2. The fraction of sp³-hybridized carbons (Fsp3) is 0.676. The van der Waals surface area contributed by atoms with Crippen molar-refractivity contribution in [3.8, 4) is 34.3 Å². The molecule has 0 spiro atoms. The molecule has 6 aliphatic carbocycles. The Morgan fingerprint density at radius 3 is 1.24 bits per heavy atom. The number of carbonyl (C=O) groups is 10. The van der Waals surface area contributed by atoms with Crippen molar-refractivity contribution >= 4 is 79.6 Å². The molecule has 10 N–H and O–H groups in total. The van der Waals surface area contributed by atoms with E-state index in [0.29, 0.717) is 61.2 Å². The molecule has 12 rings (SSSR count). The van der Waals surface area contributed by atoms with E-state index in [9.17, 15) is 82.3 Å². The number of likely N-dealkylation sites (tertiary alicyclic amines) is 2. The summed E-state index contributed by atoms with van der Waals surface area (Å²) < 4.78 is 130. The van der Waals surface area contributed by atoms with Crippen LogP contribution in [0.3, 0.4) is 0 Å². The van der Waals surface area contributed by atoms with Gasteiger partial charge in [0.2, 0.25) is 74.1 Å². The maximum atomic E-state index is 14.8. The lowest BCUT2D eigenvalue weighted by Crippen LogP contribution is -2.62. The van der Waals surface area contributed by atoms with Gasteiger partial charge >= 0.3 is 18.2 Å². The van der Waals surface area contributed by atoms with Gasteiger partial charge in [-0.15, -0.1) is 20.4 Å². The number of ether oxygens (including phenoxy) is 4. The molecule has 12 atom stereocenters. The number of benzene rings is 2. The number of nitrogens with zero attached hydrogens (tertiary/aromatic N) is 10. The second kappa shape index (κ2) is 36.5. The predicted molar refractivity (Wildman–Crippen MR) is 406 cm³/mol. The third-order valence-corrected chi connectivity index (χ3v) is 26.4. The first kappa shape index (κ1) is 89.4. The Morgan fingerprint density at radius 1 is 0.530 bits per heavy atom. The van der Waals surface area contributed by atoms with Crippen LogP contribution in [0.5, 0.6) is 11.5 Å². The molecule has 2 saturated heterocycles. The first-order valence-corrected chi connectivity index (χ1v) is 42.0. The highest BCUT2D eigenvalue weighted by molar-refractivity contribution is 7.91. The average Bonchev–Trinajstić information content (AvgIpc) is 1.57. The number of carboxylic acid groups (broad SMARTS) is 1. The summed E-state index contributed by atoms with van der Waals surface area (Å²) in [7, 11) is -2.76. The molecular weight excluding hydrogens is 1590 g/mol. The summed E-state index contributed by atoms with van der Waals surface area (Å²) in [5.74, 6) is -8.98. The third-order valence-electron chi connectivity index (χ3n) is 22.8. The van der Waals surface area contributed by atoms with E-state index in [4.69, 9.17) is 25.1 Å². The number of amides is 9. The van der Waals surface area contributed by atoms with E-state index < -0.39 is 198 Å². The third kappa shape index (κ3) is 21.3. The Balaban J connectivity index is 0.000000214. The number of carboxylic acids is 1. The van der Waals surface area contributed by atoms with Gasteiger partial charge in [0.1, 0.15) is 52.8 Å². The number of nitrogens with one attached hydrogen (secondary N) is 7. The van der Waals surface area contributed by atoms with Crippen LogP contribution in [0.2, 0.25) is 0 Å². The Bertz CT molecular complexity index is 4520. The number of carbonyl (C=O) groups excluding carboxylic acids is 9. The Hall–Kier alpha value is -9.94. The molecule has 43 heteroatoms. The standard InChI is InChI=1S/C37H51F2N9O9S.C27H36F2N8O6S.C10H17NO4/c1-36(2,3)28(41-32(50)27(40-35(53)57-5)20-9-7-6-8-10-20)33(51)47-19-22(48-44-30(43-46-48)21-11-13-23(56-4)14-12-21)17-26(47)31(49)42-37(18-25(37)29(38)39)34(52)45-58(54,55)24-15-16-24;1-26(2,3)20(30)24(39)36-13-15(37-33-22(32-35-37)14-5-7-16(43-4)8-6-14)11-19(36)23(38)31-27(12-18(27)21(28)29)25(40)34-44(41,42)17-9-10-17;1-15-10(14)11-8(9(12)13)7-5-3-2-4-6-7/h11-14,20,22,24-29H,6-10,15-19H2,1-5H3,(H,40,53)(H,41,50)(H,42,49)(H,45,52);5-8,15,17-21H,9-13,30H2,1-4H3,(H,31,38)(H,34,40);7-8H,2-6H2,1H3,(H,11,14)(H,12,13)/t22-,25+,26+,27+,28-,37-;15-,18+,19+,20-,27-;8-/m110/s1. The van der Waals surface area contributed by atoms with E-state index in [0.717, 1.165) is 51.4 Å². The van der Waals surface area contributed by atoms with E-state index >= 15 is 0 Å². The van der Waals surface area contributed by atoms with Crippen LogP contribution in [0, 0.1) is 34.5 Å². The van der Waals surface area contributed by atoms with Crippen LogP contribution in [0.1, 0.15) is 169 Å². The molecule has 0 bridgehead atoms. The summed E-state index contributed by atoms with van der Waals surface area (Å²) >= 11 is 0. The van der Waals surface area contributed by atoms with Gasteiger partial charge in [-0.1, -0.05) is 80.1 Å². The SMILES string of the molecule is COC(=O)N[C@H](C(=O)N[C@H](C(=O)N1C[C@H](n2nnc(-c3ccc(OC)cc3)n2)C[C@H]1C(=O)N[C@]1(C(=O)NS(=O)(=O)C2CC2)C[C@H]1C(F)F)C(C)(C)C)C1CCCCC1.COC(=O)N[C@H](C(=O)O)C1CCCCC1.COc1ccc(-c2nnn([C@@H]3C[C@@H](C(=O)N[C@]4(C(=O)NS(=O)(=O)C5CC5)C[C@H]4C(F)F)N(C(=O)[C@@H](N)C(C)(C)C)C3)n2)cc1. The van der Waals surface area contributed by atoms with E-state index in [1.54, 1.807) is 90.1 Å². The molecule has 4 heterocycles. The number of rotatable bonds is 27. The van der Waals surface area contributed by atoms with Crippen LogP contribution in [0.25, 0.3) is 22.8 Å². The van der Waals surface area contributed by atoms with Crippen LogP contribution < -0.4 is 51.2 Å². The zero-order chi connectivity index (χ0) is 85.6. The van der Waals surface area contributed by atoms with Crippen LogP contribution in [-0.4, -0.2) is 244 Å². The zero-order valence-electron chi connectivity index (χ0n) is 66.7. The van der Waals surface area contributed by atoms with Crippen molar-refractivity contribution < 1.29 is 106 Å². The second-order valence-corrected chi connectivity index (χ2v) is 37.1. The van der Waals surface area contributed by atoms with Crippen LogP contribution in [-0.2, 0) is 67.9 Å². The first-order valence-electron chi connectivity index (χ1n) is 38.9. The number of hydrogen-bond acceptors (Lipinski definition) is 25. The quantitative estimate of drug-likeness (QED) is 0.0380. The number of alkyl carbamates (subject to hydrolysis) is 2. The maximum Gasteiger partial charge on any atom is 0.407 e. The van der Waals surface area contributed by atoms with Gasteiger partial charge in [0, 0.05) is 37.1 Å². The summed E-state index contributed by atoms with van der Waals surface area (Å²) in [5, 5.41) is 45.5. The Morgan fingerprint density at radius 2 is 0.906 bits per heavy atom. The van der Waals surface area contributed by atoms with Crippen molar-refractivity contribution in [2.45, 2.75) is 240 Å². The number of halogens is 4. The summed E-state index contributed by atoms with van der Waals surface area (Å²) in [6.07, 6.45) is 1.53. The smallest absolute Gasteiger partial charge is 0.407 e. The predicted octanol–water partition coefficient (Wildman–Crippen LogP) is 4.06. The van der Waals surface area contributed by atoms with E-state index in [-0.39, 0.29) is 49.4 Å². The van der Waals surface area contributed by atoms with Gasteiger partial charge in [-0.05, 0) is 146 Å². The number of methoxy groups -OCH3 is 4. The number of aromatic nitrogens is 8. The van der Waals surface area contributed by atoms with Crippen LogP contribution in [0.4, 0.5) is 27.2 Å². The zero-order valence-corrected chi connectivity index (χ0v) is 68.3. The molecule has 4 aromatic rings. The molecule has 8 aliphatic rings. The number of sulfonamides is 2. The molecule has 9 amide bonds. The molecule has 117 heavy (non-hydrogen) atoms. The maximum absolute atomic E-state index is 14.8. The van der Waals surface area contributed by atoms with Crippen molar-refractivity contribution in [2.75, 3.05) is 41.5 Å². The molecule has 644 valence electrons. The van der Waals surface area contributed by atoms with E-state index in [2.05, 4.69) is 62.1 Å². The van der Waals surface area contributed by atoms with Crippen molar-refractivity contribution in [3.05, 3.63) is 48.5 Å². The normalized spacial score (nSPS) is 24.5. The minimum Gasteiger partial charge on any atom is -0.497 e. The minimum absolute atomic E-state index is 0.0374. The van der Waals surface area contributed by atoms with Gasteiger partial charge in [0.15, 0.2) is 0 Å². The average molecular weight is 1690 g/mol. The van der Waals surface area contributed by atoms with Gasteiger partial charge < -0.3 is 66.2 Å². The van der Waals surface area contributed by atoms with Gasteiger partial charge in [-0.2, -0.15) is 9.59 Å². The van der Waals surface area contributed by atoms with Gasteiger partial charge in [0.05, 0.1) is 68.9 Å². The molecule has 2 aliphatic heterocycles. The molecule has 0 radical (unpaired) electrons. The topological polar surface area (TPSA) is 500 Å². The lowest BCUT2D eigenvalue weighted by atomic mass is 9.82. The molecular formula is C74H104F4N18O19S2. The van der Waals surface area contributed by atoms with Crippen molar-refractivity contribution in [3.63, 3.8) is 0 Å². The molecule has 0 unspecified atom stereocenters. The number of tetrazole rings is 2. The lowest BCUT2D eigenvalue weighted by Gasteiger charge is -2.37. The largest absolute Gasteiger partial charge is 0.497 e. The van der Waals surface area contributed by atoms with E-state index in [1.807, 2.05) is 9.44 Å². The van der Waals surface area contributed by atoms with Crippen LogP contribution >= 0.6 is 0 Å². The minimum atomic E-state index is -4.16. The van der Waals surface area contributed by atoms with Crippen LogP contribution in [0.15, 0.2) is 48.5 Å². The Kier molecular flexibility index (Phi) is 27.9. The van der Waals surface area contributed by atoms with Gasteiger partial charge in [0.25, 0.3) is 11.8 Å². The highest BCUT2D eigenvalue weighted by Crippen LogP contribution is 2.50. The fourth-order valence-electron chi connectivity index (χ4n) is 15.2. The number of aliphatic carboxylic acids is 1. The van der Waals surface area contributed by atoms with E-state index in [1.165, 1.54) is 47.8 Å². The van der Waals surface area contributed by atoms with Gasteiger partial charge in [-0.25, -0.2) is 48.8 Å². The Labute approximate surface area is 673 Å².